The summed E-state index contributed by atoms with van der Waals surface area (Å²) < 4.78 is 49.0. The molecule has 1 atom stereocenters. The zero-order valence-electron chi connectivity index (χ0n) is 19.4. The first-order valence-electron chi connectivity index (χ1n) is 10.8. The molecule has 0 aliphatic carbocycles. The van der Waals surface area contributed by atoms with Crippen molar-refractivity contribution in [2.75, 3.05) is 37.6 Å². The molecule has 3 aromatic rings. The smallest absolute Gasteiger partial charge is 0.422 e. The van der Waals surface area contributed by atoms with Crippen LogP contribution in [0, 0.1) is 0 Å². The number of alkyl halides is 3. The molecule has 0 bridgehead atoms. The van der Waals surface area contributed by atoms with Crippen LogP contribution in [0.2, 0.25) is 5.02 Å². The Bertz CT molecular complexity index is 1210. The standard InChI is InChI=1S/C26H24ClF3N2O3/c1-31(2)19-8-10-20(11-9-19)32-24(33)13-17-12-22(34-3)23(35-15-26(28,29)30)14-21(17)25(32)16-4-6-18(27)7-5-16/h4-12,14,25H,13,15H2,1-3H3/t25-/m0/s1. The molecule has 0 fully saturated rings. The predicted molar refractivity (Wildman–Crippen MR) is 130 cm³/mol. The van der Waals surface area contributed by atoms with Crippen molar-refractivity contribution in [1.29, 1.82) is 0 Å². The summed E-state index contributed by atoms with van der Waals surface area (Å²) in [4.78, 5) is 17.0. The Morgan fingerprint density at radius 3 is 2.26 bits per heavy atom. The van der Waals surface area contributed by atoms with Gasteiger partial charge in [0.2, 0.25) is 5.91 Å². The third-order valence-corrected chi connectivity index (χ3v) is 6.06. The Hall–Kier alpha value is -3.39. The number of anilines is 2. The van der Waals surface area contributed by atoms with E-state index in [1.54, 1.807) is 35.2 Å². The molecule has 184 valence electrons. The highest BCUT2D eigenvalue weighted by atomic mass is 35.5. The van der Waals surface area contributed by atoms with Crippen LogP contribution in [0.15, 0.2) is 60.7 Å². The predicted octanol–water partition coefficient (Wildman–Crippen LogP) is 6.03. The van der Waals surface area contributed by atoms with Crippen LogP contribution >= 0.6 is 11.6 Å². The van der Waals surface area contributed by atoms with E-state index in [0.29, 0.717) is 21.8 Å². The molecular weight excluding hydrogens is 481 g/mol. The van der Waals surface area contributed by atoms with E-state index in [4.69, 9.17) is 21.1 Å². The molecule has 0 spiro atoms. The number of amides is 1. The summed E-state index contributed by atoms with van der Waals surface area (Å²) in [7, 11) is 5.19. The molecule has 4 rings (SSSR count). The van der Waals surface area contributed by atoms with Crippen molar-refractivity contribution in [3.8, 4) is 11.5 Å². The SMILES string of the molecule is COc1cc2c(cc1OCC(F)(F)F)[C@H](c1ccc(Cl)cc1)N(c1ccc(N(C)C)cc1)C(=O)C2. The number of carbonyl (C=O) groups is 1. The number of halogens is 4. The van der Waals surface area contributed by atoms with Crippen LogP contribution < -0.4 is 19.3 Å². The highest BCUT2D eigenvalue weighted by Crippen LogP contribution is 2.44. The molecule has 1 aliphatic rings. The maximum absolute atomic E-state index is 13.4. The fraction of sp³-hybridized carbons (Fsp3) is 0.269. The van der Waals surface area contributed by atoms with Crippen molar-refractivity contribution < 1.29 is 27.4 Å². The van der Waals surface area contributed by atoms with Crippen molar-refractivity contribution in [1.82, 2.24) is 0 Å². The second kappa shape index (κ2) is 9.70. The number of hydrogen-bond acceptors (Lipinski definition) is 4. The zero-order chi connectivity index (χ0) is 25.3. The molecule has 0 unspecified atom stereocenters. The van der Waals surface area contributed by atoms with E-state index in [2.05, 4.69) is 0 Å². The molecule has 0 radical (unpaired) electrons. The highest BCUT2D eigenvalue weighted by Gasteiger charge is 2.36. The van der Waals surface area contributed by atoms with Crippen molar-refractivity contribution in [2.45, 2.75) is 18.6 Å². The Kier molecular flexibility index (Phi) is 6.85. The third kappa shape index (κ3) is 5.32. The Labute approximate surface area is 206 Å². The Morgan fingerprint density at radius 2 is 1.69 bits per heavy atom. The van der Waals surface area contributed by atoms with Crippen molar-refractivity contribution >= 4 is 28.9 Å². The van der Waals surface area contributed by atoms with Gasteiger partial charge in [-0.25, -0.2) is 0 Å². The van der Waals surface area contributed by atoms with Crippen LogP contribution in [0.3, 0.4) is 0 Å². The number of hydrogen-bond donors (Lipinski definition) is 0. The summed E-state index contributed by atoms with van der Waals surface area (Å²) in [6.45, 7) is -1.46. The molecule has 0 saturated heterocycles. The van der Waals surface area contributed by atoms with Gasteiger partial charge >= 0.3 is 6.18 Å². The van der Waals surface area contributed by atoms with E-state index in [9.17, 15) is 18.0 Å². The normalized spacial score (nSPS) is 15.6. The molecule has 1 aliphatic heterocycles. The van der Waals surface area contributed by atoms with Gasteiger partial charge in [0.1, 0.15) is 0 Å². The van der Waals surface area contributed by atoms with Gasteiger partial charge in [-0.3, -0.25) is 4.79 Å². The lowest BCUT2D eigenvalue weighted by atomic mass is 9.87. The lowest BCUT2D eigenvalue weighted by Crippen LogP contribution is -2.41. The molecule has 0 aromatic heterocycles. The average molecular weight is 505 g/mol. The van der Waals surface area contributed by atoms with Gasteiger partial charge in [0.15, 0.2) is 18.1 Å². The molecule has 1 amide bonds. The van der Waals surface area contributed by atoms with Gasteiger partial charge in [0, 0.05) is 30.5 Å². The van der Waals surface area contributed by atoms with E-state index in [1.165, 1.54) is 13.2 Å². The summed E-state index contributed by atoms with van der Waals surface area (Å²) in [6.07, 6.45) is -4.45. The molecule has 1 heterocycles. The fourth-order valence-electron chi connectivity index (χ4n) is 4.17. The highest BCUT2D eigenvalue weighted by molar-refractivity contribution is 6.30. The second-order valence-corrected chi connectivity index (χ2v) is 8.85. The number of methoxy groups -OCH3 is 1. The summed E-state index contributed by atoms with van der Waals surface area (Å²) >= 11 is 6.10. The molecule has 0 saturated carbocycles. The average Bonchev–Trinajstić information content (AvgIpc) is 2.81. The molecule has 0 N–H and O–H groups in total. The largest absolute Gasteiger partial charge is 0.493 e. The van der Waals surface area contributed by atoms with Gasteiger partial charge in [0.05, 0.1) is 19.6 Å². The van der Waals surface area contributed by atoms with E-state index in [-0.39, 0.29) is 23.8 Å². The summed E-state index contributed by atoms with van der Waals surface area (Å²) in [6, 6.07) is 17.1. The zero-order valence-corrected chi connectivity index (χ0v) is 20.2. The second-order valence-electron chi connectivity index (χ2n) is 8.41. The topological polar surface area (TPSA) is 42.0 Å². The molecule has 3 aromatic carbocycles. The van der Waals surface area contributed by atoms with Gasteiger partial charge in [-0.2, -0.15) is 13.2 Å². The number of fused-ring (bicyclic) bond motifs is 1. The van der Waals surface area contributed by atoms with Gasteiger partial charge in [-0.1, -0.05) is 23.7 Å². The quantitative estimate of drug-likeness (QED) is 0.411. The first kappa shape index (κ1) is 24.7. The maximum atomic E-state index is 13.4. The minimum Gasteiger partial charge on any atom is -0.493 e. The Balaban J connectivity index is 1.86. The minimum atomic E-state index is -4.51. The van der Waals surface area contributed by atoms with Crippen LogP contribution in [0.5, 0.6) is 11.5 Å². The summed E-state index contributed by atoms with van der Waals surface area (Å²) in [5.74, 6) is -0.0553. The monoisotopic (exact) mass is 504 g/mol. The molecule has 35 heavy (non-hydrogen) atoms. The van der Waals surface area contributed by atoms with Gasteiger partial charge in [-0.15, -0.1) is 0 Å². The van der Waals surface area contributed by atoms with Crippen LogP contribution in [-0.2, 0) is 11.2 Å². The Morgan fingerprint density at radius 1 is 1.03 bits per heavy atom. The fourth-order valence-corrected chi connectivity index (χ4v) is 4.29. The van der Waals surface area contributed by atoms with E-state index < -0.39 is 18.8 Å². The van der Waals surface area contributed by atoms with Crippen molar-refractivity contribution in [3.63, 3.8) is 0 Å². The van der Waals surface area contributed by atoms with E-state index in [1.807, 2.05) is 43.3 Å². The van der Waals surface area contributed by atoms with Crippen LogP contribution in [0.25, 0.3) is 0 Å². The van der Waals surface area contributed by atoms with Crippen LogP contribution in [0.1, 0.15) is 22.7 Å². The van der Waals surface area contributed by atoms with Crippen LogP contribution in [-0.4, -0.2) is 39.9 Å². The number of rotatable bonds is 6. The first-order chi connectivity index (χ1) is 16.6. The van der Waals surface area contributed by atoms with Crippen molar-refractivity contribution in [2.24, 2.45) is 0 Å². The lowest BCUT2D eigenvalue weighted by molar-refractivity contribution is -0.153. The summed E-state index contributed by atoms with van der Waals surface area (Å²) in [5.41, 5.74) is 3.70. The molecule has 5 nitrogen and oxygen atoms in total. The number of carbonyl (C=O) groups excluding carboxylic acids is 1. The first-order valence-corrected chi connectivity index (χ1v) is 11.2. The summed E-state index contributed by atoms with van der Waals surface area (Å²) in [5, 5.41) is 0.530. The third-order valence-electron chi connectivity index (χ3n) is 5.81. The number of ether oxygens (including phenoxy) is 2. The van der Waals surface area contributed by atoms with Crippen LogP contribution in [0.4, 0.5) is 24.5 Å². The minimum absolute atomic E-state index is 0.0419. The lowest BCUT2D eigenvalue weighted by Gasteiger charge is -2.38. The van der Waals surface area contributed by atoms with Gasteiger partial charge in [0.25, 0.3) is 0 Å². The van der Waals surface area contributed by atoms with Gasteiger partial charge < -0.3 is 19.3 Å². The molecular formula is C26H24ClF3N2O3. The number of nitrogens with zero attached hydrogens (tertiary/aromatic N) is 2. The number of benzene rings is 3. The van der Waals surface area contributed by atoms with Crippen molar-refractivity contribution in [3.05, 3.63) is 82.4 Å². The van der Waals surface area contributed by atoms with E-state index in [0.717, 1.165) is 11.3 Å². The van der Waals surface area contributed by atoms with Gasteiger partial charge in [-0.05, 0) is 65.2 Å². The molecule has 9 heteroatoms. The van der Waals surface area contributed by atoms with E-state index >= 15 is 0 Å². The maximum Gasteiger partial charge on any atom is 0.422 e.